The minimum Gasteiger partial charge on any atom is -0.493 e. The van der Waals surface area contributed by atoms with Gasteiger partial charge in [-0.1, -0.05) is 12.1 Å². The van der Waals surface area contributed by atoms with E-state index in [0.29, 0.717) is 11.1 Å². The van der Waals surface area contributed by atoms with Gasteiger partial charge in [-0.05, 0) is 35.4 Å². The Kier molecular flexibility index (Phi) is 6.14. The summed E-state index contributed by atoms with van der Waals surface area (Å²) in [5.74, 6) is -3.08. The molecule has 0 radical (unpaired) electrons. The lowest BCUT2D eigenvalue weighted by Crippen LogP contribution is -2.19. The molecule has 0 unspecified atom stereocenters. The Morgan fingerprint density at radius 2 is 1.06 bits per heavy atom. The van der Waals surface area contributed by atoms with Crippen LogP contribution in [0.25, 0.3) is 0 Å². The van der Waals surface area contributed by atoms with E-state index in [1.54, 1.807) is 24.3 Å². The zero-order valence-electron chi connectivity index (χ0n) is 18.9. The highest BCUT2D eigenvalue weighted by molar-refractivity contribution is 5.90. The molecule has 10 nitrogen and oxygen atoms in total. The highest BCUT2D eigenvalue weighted by Crippen LogP contribution is 2.52. The van der Waals surface area contributed by atoms with E-state index >= 15 is 0 Å². The molecule has 4 atom stereocenters. The van der Waals surface area contributed by atoms with E-state index in [1.165, 1.54) is 40.2 Å². The van der Waals surface area contributed by atoms with Gasteiger partial charge in [-0.3, -0.25) is 19.2 Å². The number of ether oxygens (including phenoxy) is 6. The van der Waals surface area contributed by atoms with Crippen molar-refractivity contribution >= 4 is 23.9 Å². The minimum absolute atomic E-state index is 0.200. The van der Waals surface area contributed by atoms with Crippen LogP contribution in [0.2, 0.25) is 0 Å². The summed E-state index contributed by atoms with van der Waals surface area (Å²) in [5.41, 5.74) is 0.989. The van der Waals surface area contributed by atoms with Crippen LogP contribution in [0.5, 0.6) is 23.0 Å². The molecule has 0 aromatic heterocycles. The van der Waals surface area contributed by atoms with Crippen LogP contribution in [0, 0.1) is 11.8 Å². The van der Waals surface area contributed by atoms with E-state index < -0.39 is 47.9 Å². The number of esters is 4. The van der Waals surface area contributed by atoms with Crippen LogP contribution in [-0.4, -0.2) is 38.1 Å². The molecular formula is C24H22O10. The highest BCUT2D eigenvalue weighted by Gasteiger charge is 2.60. The molecule has 0 aliphatic carbocycles. The Morgan fingerprint density at radius 3 is 1.38 bits per heavy atom. The summed E-state index contributed by atoms with van der Waals surface area (Å²) < 4.78 is 32.0. The molecule has 2 heterocycles. The van der Waals surface area contributed by atoms with E-state index in [4.69, 9.17) is 28.4 Å². The molecule has 2 aliphatic rings. The largest absolute Gasteiger partial charge is 0.493 e. The van der Waals surface area contributed by atoms with Gasteiger partial charge >= 0.3 is 23.9 Å². The second-order valence-electron chi connectivity index (χ2n) is 7.77. The summed E-state index contributed by atoms with van der Waals surface area (Å²) in [5, 5.41) is 0. The number of carbonyl (C=O) groups excluding carboxylic acids is 4. The quantitative estimate of drug-likeness (QED) is 0.460. The van der Waals surface area contributed by atoms with E-state index in [9.17, 15) is 19.2 Å². The molecule has 2 aromatic rings. The molecule has 0 N–H and O–H groups in total. The Balaban J connectivity index is 1.64. The number of benzene rings is 2. The van der Waals surface area contributed by atoms with Gasteiger partial charge < -0.3 is 28.4 Å². The van der Waals surface area contributed by atoms with Gasteiger partial charge in [0.25, 0.3) is 0 Å². The van der Waals surface area contributed by atoms with Crippen molar-refractivity contribution in [1.29, 1.82) is 0 Å². The van der Waals surface area contributed by atoms with Crippen molar-refractivity contribution in [1.82, 2.24) is 0 Å². The molecule has 178 valence electrons. The van der Waals surface area contributed by atoms with E-state index in [2.05, 4.69) is 0 Å². The van der Waals surface area contributed by atoms with Gasteiger partial charge in [-0.15, -0.1) is 0 Å². The Morgan fingerprint density at radius 1 is 0.676 bits per heavy atom. The number of fused-ring (bicyclic) bond motifs is 1. The fraction of sp³-hybridized carbons (Fsp3) is 0.333. The van der Waals surface area contributed by atoms with Gasteiger partial charge in [0.05, 0.1) is 14.2 Å². The number of hydrogen-bond acceptors (Lipinski definition) is 10. The average molecular weight is 470 g/mol. The zero-order valence-corrected chi connectivity index (χ0v) is 18.9. The lowest BCUT2D eigenvalue weighted by molar-refractivity contribution is -0.155. The van der Waals surface area contributed by atoms with Crippen LogP contribution >= 0.6 is 0 Å². The Bertz CT molecular complexity index is 1080. The maximum Gasteiger partial charge on any atom is 0.314 e. The molecule has 10 heteroatoms. The zero-order chi connectivity index (χ0) is 24.6. The van der Waals surface area contributed by atoms with Crippen molar-refractivity contribution in [2.24, 2.45) is 11.8 Å². The lowest BCUT2D eigenvalue weighted by Gasteiger charge is -2.17. The number of carbonyl (C=O) groups is 4. The Labute approximate surface area is 194 Å². The third-order valence-corrected chi connectivity index (χ3v) is 5.61. The predicted octanol–water partition coefficient (Wildman–Crippen LogP) is 2.68. The van der Waals surface area contributed by atoms with Crippen molar-refractivity contribution in [2.45, 2.75) is 26.1 Å². The number of methoxy groups -OCH3 is 2. The first-order valence-electron chi connectivity index (χ1n) is 10.4. The summed E-state index contributed by atoms with van der Waals surface area (Å²) in [4.78, 5) is 48.3. The molecule has 0 bridgehead atoms. The summed E-state index contributed by atoms with van der Waals surface area (Å²) in [7, 11) is 2.81. The van der Waals surface area contributed by atoms with Crippen molar-refractivity contribution in [3.05, 3.63) is 47.5 Å². The SMILES string of the molecule is COc1cc([C@@H]2OC(=O)[C@H]3[C@H]2C(=O)O[C@H]3c2ccc(OC(C)=O)c(OC)c2)ccc1OC(C)=O. The van der Waals surface area contributed by atoms with Crippen LogP contribution in [0.4, 0.5) is 0 Å². The van der Waals surface area contributed by atoms with Crippen molar-refractivity contribution in [3.8, 4) is 23.0 Å². The van der Waals surface area contributed by atoms with Gasteiger partial charge in [-0.2, -0.15) is 0 Å². The predicted molar refractivity (Wildman–Crippen MR) is 113 cm³/mol. The molecule has 0 spiro atoms. The molecule has 2 aromatic carbocycles. The van der Waals surface area contributed by atoms with Gasteiger partial charge in [0.2, 0.25) is 0 Å². The van der Waals surface area contributed by atoms with Gasteiger partial charge in [0.1, 0.15) is 24.0 Å². The molecular weight excluding hydrogens is 448 g/mol. The van der Waals surface area contributed by atoms with Gasteiger partial charge in [-0.25, -0.2) is 0 Å². The second-order valence-corrected chi connectivity index (χ2v) is 7.77. The second kappa shape index (κ2) is 9.05. The summed E-state index contributed by atoms with van der Waals surface area (Å²) in [6, 6.07) is 9.31. The van der Waals surface area contributed by atoms with Crippen LogP contribution in [0.1, 0.15) is 37.2 Å². The van der Waals surface area contributed by atoms with Gasteiger partial charge in [0, 0.05) is 13.8 Å². The third kappa shape index (κ3) is 4.14. The summed E-state index contributed by atoms with van der Waals surface area (Å²) >= 11 is 0. The standard InChI is InChI=1S/C24H22O10/c1-11(25)31-15-7-5-13(9-17(15)29-3)21-19-20(24(28)33-21)22(34-23(19)27)14-6-8-16(32-12(2)26)18(10-14)30-4/h5-10,19-22H,1-4H3/t19-,20+,21-,22-/m0/s1. The smallest absolute Gasteiger partial charge is 0.314 e. The third-order valence-electron chi connectivity index (χ3n) is 5.61. The normalized spacial score (nSPS) is 22.9. The minimum atomic E-state index is -0.905. The molecule has 2 fully saturated rings. The van der Waals surface area contributed by atoms with Crippen LogP contribution < -0.4 is 18.9 Å². The van der Waals surface area contributed by atoms with Crippen LogP contribution in [0.3, 0.4) is 0 Å². The maximum absolute atomic E-state index is 12.8. The van der Waals surface area contributed by atoms with Crippen LogP contribution in [0.15, 0.2) is 36.4 Å². The first kappa shape index (κ1) is 23.1. The summed E-state index contributed by atoms with van der Waals surface area (Å²) in [6.45, 7) is 2.53. The van der Waals surface area contributed by atoms with E-state index in [-0.39, 0.29) is 23.0 Å². The first-order valence-corrected chi connectivity index (χ1v) is 10.4. The topological polar surface area (TPSA) is 124 Å². The summed E-state index contributed by atoms with van der Waals surface area (Å²) in [6.07, 6.45) is -1.81. The van der Waals surface area contributed by atoms with E-state index in [0.717, 1.165) is 0 Å². The molecule has 34 heavy (non-hydrogen) atoms. The van der Waals surface area contributed by atoms with E-state index in [1.807, 2.05) is 0 Å². The lowest BCUT2D eigenvalue weighted by atomic mass is 9.84. The van der Waals surface area contributed by atoms with Crippen molar-refractivity contribution < 1.29 is 47.6 Å². The molecule has 2 saturated heterocycles. The average Bonchev–Trinajstić information content (AvgIpc) is 3.32. The fourth-order valence-electron chi connectivity index (χ4n) is 4.22. The molecule has 2 aliphatic heterocycles. The number of rotatable bonds is 6. The van der Waals surface area contributed by atoms with Gasteiger partial charge in [0.15, 0.2) is 23.0 Å². The fourth-order valence-corrected chi connectivity index (χ4v) is 4.22. The van der Waals surface area contributed by atoms with Crippen LogP contribution in [-0.2, 0) is 28.7 Å². The molecule has 4 rings (SSSR count). The van der Waals surface area contributed by atoms with Crippen molar-refractivity contribution in [2.75, 3.05) is 14.2 Å². The monoisotopic (exact) mass is 470 g/mol. The first-order chi connectivity index (χ1) is 16.2. The molecule has 0 saturated carbocycles. The Hall–Kier alpha value is -4.08. The highest BCUT2D eigenvalue weighted by atomic mass is 16.6. The number of hydrogen-bond donors (Lipinski definition) is 0. The maximum atomic E-state index is 12.8. The van der Waals surface area contributed by atoms with Crippen molar-refractivity contribution in [3.63, 3.8) is 0 Å². The number of cyclic esters (lactones) is 2. The molecule has 0 amide bonds.